The van der Waals surface area contributed by atoms with Crippen molar-refractivity contribution in [3.8, 4) is 0 Å². The largest absolute Gasteiger partial charge is 0.412 e. The van der Waals surface area contributed by atoms with E-state index < -0.39 is 34.2 Å². The molecule has 1 heterocycles. The Morgan fingerprint density at radius 3 is 0.617 bits per heavy atom. The molecule has 0 aromatic rings. The molecule has 5 aliphatic rings. The van der Waals surface area contributed by atoms with Crippen molar-refractivity contribution in [3.63, 3.8) is 0 Å². The first-order valence-electron chi connectivity index (χ1n) is 25.9. The van der Waals surface area contributed by atoms with E-state index in [1.807, 2.05) is 0 Å². The highest BCUT2D eigenvalue weighted by molar-refractivity contribution is 6.97. The molecule has 4 unspecified atom stereocenters. The van der Waals surface area contributed by atoms with Gasteiger partial charge in [0.25, 0.3) is 0 Å². The van der Waals surface area contributed by atoms with Gasteiger partial charge in [-0.05, 0) is 103 Å². The zero-order valence-electron chi connectivity index (χ0n) is 41.2. The van der Waals surface area contributed by atoms with Crippen LogP contribution in [0.25, 0.3) is 0 Å². The normalized spacial score (nSPS) is 33.6. The van der Waals surface area contributed by atoms with Crippen molar-refractivity contribution >= 4 is 34.2 Å². The molecule has 0 aromatic heterocycles. The first-order valence-corrected chi connectivity index (χ1v) is 33.8. The van der Waals surface area contributed by atoms with Crippen LogP contribution in [0.1, 0.15) is 212 Å². The molecule has 4 saturated carbocycles. The molecule has 0 radical (unpaired) electrons. The Balaban J connectivity index is 1.90. The van der Waals surface area contributed by atoms with E-state index in [0.717, 1.165) is 51.4 Å². The highest BCUT2D eigenvalue weighted by Crippen LogP contribution is 2.57. The van der Waals surface area contributed by atoms with Crippen LogP contribution in [0.2, 0.25) is 22.2 Å². The van der Waals surface area contributed by atoms with Crippen LogP contribution in [-0.4, -0.2) is 83.6 Å². The average molecular weight is 914 g/mol. The van der Waals surface area contributed by atoms with E-state index in [4.69, 9.17) is 35.4 Å². The SMILES string of the molecule is CC(C)COC(C)[Si]1(C2CCCCC2)O[Si](C2CCCCC2)(C(C)OCC(C)C)O[Si](C2CCCCC2)(C(C)OCC(C)C)O[Si](C2CCCCC2)(C(C)OCC(C)C)O1. The maximum atomic E-state index is 8.84. The van der Waals surface area contributed by atoms with Crippen LogP contribution in [0, 0.1) is 23.7 Å². The van der Waals surface area contributed by atoms with Gasteiger partial charge in [-0.3, -0.25) is 0 Å². The molecule has 60 heavy (non-hydrogen) atoms. The fraction of sp³-hybridized carbons (Fsp3) is 1.00. The molecule has 352 valence electrons. The summed E-state index contributed by atoms with van der Waals surface area (Å²) in [4.78, 5) is 0. The summed E-state index contributed by atoms with van der Waals surface area (Å²) < 4.78 is 64.3. The second-order valence-electron chi connectivity index (χ2n) is 22.1. The smallest absolute Gasteiger partial charge is 0.353 e. The fourth-order valence-electron chi connectivity index (χ4n) is 11.6. The molecular formula is C48H96O8Si4. The zero-order chi connectivity index (χ0) is 43.6. The predicted octanol–water partition coefficient (Wildman–Crippen LogP) is 13.6. The van der Waals surface area contributed by atoms with Crippen LogP contribution < -0.4 is 0 Å². The predicted molar refractivity (Wildman–Crippen MR) is 256 cm³/mol. The fourth-order valence-corrected chi connectivity index (χ4v) is 41.2. The molecule has 0 spiro atoms. The van der Waals surface area contributed by atoms with Gasteiger partial charge in [-0.1, -0.05) is 132 Å². The Morgan fingerprint density at radius 2 is 0.467 bits per heavy atom. The number of hydrogen-bond donors (Lipinski definition) is 0. The second kappa shape index (κ2) is 23.8. The molecule has 0 aromatic carbocycles. The van der Waals surface area contributed by atoms with Gasteiger partial charge < -0.3 is 35.4 Å². The molecule has 4 atom stereocenters. The van der Waals surface area contributed by atoms with Crippen molar-refractivity contribution in [3.05, 3.63) is 0 Å². The molecule has 0 amide bonds. The van der Waals surface area contributed by atoms with Crippen molar-refractivity contribution < 1.29 is 35.4 Å². The number of rotatable bonds is 20. The van der Waals surface area contributed by atoms with Gasteiger partial charge in [0.1, 0.15) is 0 Å². The molecular weight excluding hydrogens is 817 g/mol. The van der Waals surface area contributed by atoms with Crippen LogP contribution in [0.15, 0.2) is 0 Å². The van der Waals surface area contributed by atoms with Crippen LogP contribution in [-0.2, 0) is 35.4 Å². The number of hydrogen-bond acceptors (Lipinski definition) is 8. The zero-order valence-corrected chi connectivity index (χ0v) is 45.2. The van der Waals surface area contributed by atoms with Crippen LogP contribution in [0.3, 0.4) is 0 Å². The van der Waals surface area contributed by atoms with Crippen molar-refractivity contribution in [2.75, 3.05) is 26.4 Å². The van der Waals surface area contributed by atoms with E-state index in [9.17, 15) is 0 Å². The lowest BCUT2D eigenvalue weighted by Crippen LogP contribution is -2.82. The first kappa shape index (κ1) is 51.5. The van der Waals surface area contributed by atoms with E-state index in [-0.39, 0.29) is 22.9 Å². The molecule has 1 saturated heterocycles. The lowest BCUT2D eigenvalue weighted by atomic mass is 10.0. The third-order valence-corrected chi connectivity index (χ3v) is 37.2. The van der Waals surface area contributed by atoms with Crippen molar-refractivity contribution in [2.24, 2.45) is 23.7 Å². The summed E-state index contributed by atoms with van der Waals surface area (Å²) in [7, 11) is -13.7. The lowest BCUT2D eigenvalue weighted by Gasteiger charge is -2.62. The average Bonchev–Trinajstić information content (AvgIpc) is 3.24. The van der Waals surface area contributed by atoms with Gasteiger partial charge in [-0.15, -0.1) is 0 Å². The van der Waals surface area contributed by atoms with Gasteiger partial charge in [-0.25, -0.2) is 0 Å². The van der Waals surface area contributed by atoms with Crippen molar-refractivity contribution in [2.45, 2.75) is 257 Å². The summed E-state index contributed by atoms with van der Waals surface area (Å²) in [5.74, 6) is 1.61. The minimum atomic E-state index is -3.42. The maximum absolute atomic E-state index is 8.84. The van der Waals surface area contributed by atoms with Crippen molar-refractivity contribution in [1.29, 1.82) is 0 Å². The highest BCUT2D eigenvalue weighted by Gasteiger charge is 2.74. The standard InChI is InChI=1S/C48H96O8Si4/c1-37(2)33-49-41(9)57(45-25-17-13-18-26-45)53-58(42(10)50-34-38(3)4,46-27-19-14-20-28-46)55-60(44(12)52-36-40(7)8,48-31-23-16-24-32-48)56-59(54-57,43(11)51-35-39(5)6)47-29-21-15-22-30-47/h37-48H,13-36H2,1-12H3. The summed E-state index contributed by atoms with van der Waals surface area (Å²) in [6, 6.07) is 0. The molecule has 4 aliphatic carbocycles. The third-order valence-electron chi connectivity index (χ3n) is 15.0. The highest BCUT2D eigenvalue weighted by atomic mass is 28.5. The van der Waals surface area contributed by atoms with Crippen molar-refractivity contribution in [1.82, 2.24) is 0 Å². The summed E-state index contributed by atoms with van der Waals surface area (Å²) in [6.07, 6.45) is 23.7. The van der Waals surface area contributed by atoms with Crippen LogP contribution in [0.5, 0.6) is 0 Å². The number of ether oxygens (including phenoxy) is 4. The van der Waals surface area contributed by atoms with Gasteiger partial charge in [0.15, 0.2) is 0 Å². The molecule has 5 rings (SSSR count). The quantitative estimate of drug-likeness (QED) is 0.112. The first-order chi connectivity index (χ1) is 28.6. The molecule has 1 aliphatic heterocycles. The maximum Gasteiger partial charge on any atom is 0.353 e. The molecule has 5 fully saturated rings. The van der Waals surface area contributed by atoms with Gasteiger partial charge >= 0.3 is 34.2 Å². The third kappa shape index (κ3) is 12.5. The Labute approximate surface area is 374 Å². The van der Waals surface area contributed by atoms with Crippen LogP contribution >= 0.6 is 0 Å². The minimum Gasteiger partial charge on any atom is -0.412 e. The Hall–Kier alpha value is 0.548. The van der Waals surface area contributed by atoms with E-state index >= 15 is 0 Å². The summed E-state index contributed by atoms with van der Waals surface area (Å²) in [5.41, 5.74) is 0.421. The summed E-state index contributed by atoms with van der Waals surface area (Å²) in [6.45, 7) is 30.4. The van der Waals surface area contributed by atoms with E-state index in [1.165, 1.54) is 77.0 Å². The molecule has 12 heteroatoms. The van der Waals surface area contributed by atoms with Gasteiger partial charge in [0, 0.05) is 48.6 Å². The molecule has 0 bridgehead atoms. The van der Waals surface area contributed by atoms with E-state index in [1.54, 1.807) is 0 Å². The minimum absolute atomic E-state index is 0.186. The summed E-state index contributed by atoms with van der Waals surface area (Å²) in [5, 5.41) is 0. The lowest BCUT2D eigenvalue weighted by molar-refractivity contribution is 0.00505. The second-order valence-corrected chi connectivity index (χ2v) is 37.7. The van der Waals surface area contributed by atoms with Gasteiger partial charge in [0.2, 0.25) is 0 Å². The Kier molecular flexibility index (Phi) is 20.5. The monoisotopic (exact) mass is 913 g/mol. The Bertz CT molecular complexity index is 1020. The van der Waals surface area contributed by atoms with E-state index in [0.29, 0.717) is 72.3 Å². The van der Waals surface area contributed by atoms with Gasteiger partial charge in [-0.2, -0.15) is 0 Å². The molecule has 0 N–H and O–H groups in total. The molecule has 8 nitrogen and oxygen atoms in total. The van der Waals surface area contributed by atoms with E-state index in [2.05, 4.69) is 83.1 Å². The van der Waals surface area contributed by atoms with Crippen LogP contribution in [0.4, 0.5) is 0 Å². The summed E-state index contributed by atoms with van der Waals surface area (Å²) >= 11 is 0. The Morgan fingerprint density at radius 1 is 0.300 bits per heavy atom. The topological polar surface area (TPSA) is 73.8 Å². The van der Waals surface area contributed by atoms with Gasteiger partial charge in [0.05, 0.1) is 22.9 Å².